The molecule has 0 radical (unpaired) electrons. The number of amides is 1. The van der Waals surface area contributed by atoms with Gasteiger partial charge in [-0.25, -0.2) is 0 Å². The lowest BCUT2D eigenvalue weighted by Crippen LogP contribution is -2.55. The maximum Gasteiger partial charge on any atom is 0.220 e. The second-order valence-corrected chi connectivity index (χ2v) is 6.73. The van der Waals surface area contributed by atoms with Gasteiger partial charge in [-0.2, -0.15) is 0 Å². The average Bonchev–Trinajstić information content (AvgIpc) is 2.48. The van der Waals surface area contributed by atoms with Crippen LogP contribution < -0.4 is 10.6 Å². The number of fused-ring (bicyclic) bond motifs is 1. The van der Waals surface area contributed by atoms with Gasteiger partial charge in [0.1, 0.15) is 0 Å². The first-order chi connectivity index (χ1) is 10.2. The van der Waals surface area contributed by atoms with E-state index in [9.17, 15) is 9.90 Å². The van der Waals surface area contributed by atoms with Crippen molar-refractivity contribution in [2.24, 2.45) is 5.92 Å². The Bertz CT molecular complexity index is 360. The molecule has 3 heterocycles. The summed E-state index contributed by atoms with van der Waals surface area (Å²) < 4.78 is 0. The van der Waals surface area contributed by atoms with Crippen molar-refractivity contribution in [1.29, 1.82) is 0 Å². The van der Waals surface area contributed by atoms with Crippen molar-refractivity contribution in [2.75, 3.05) is 52.4 Å². The van der Waals surface area contributed by atoms with Crippen LogP contribution in [0.15, 0.2) is 0 Å². The zero-order valence-electron chi connectivity index (χ0n) is 12.8. The monoisotopic (exact) mass is 296 g/mol. The molecule has 3 aliphatic rings. The molecule has 0 aromatic rings. The van der Waals surface area contributed by atoms with Crippen LogP contribution >= 0.6 is 0 Å². The zero-order valence-corrected chi connectivity index (χ0v) is 12.8. The molecule has 0 bridgehead atoms. The molecule has 6 heteroatoms. The van der Waals surface area contributed by atoms with Crippen molar-refractivity contribution in [3.63, 3.8) is 0 Å². The van der Waals surface area contributed by atoms with Crippen molar-refractivity contribution in [1.82, 2.24) is 20.4 Å². The Morgan fingerprint density at radius 3 is 2.71 bits per heavy atom. The first kappa shape index (κ1) is 15.2. The summed E-state index contributed by atoms with van der Waals surface area (Å²) in [5, 5.41) is 16.8. The summed E-state index contributed by atoms with van der Waals surface area (Å²) in [6.07, 6.45) is 2.42. The van der Waals surface area contributed by atoms with Crippen LogP contribution in [0.3, 0.4) is 0 Å². The molecule has 3 saturated heterocycles. The molecule has 3 unspecified atom stereocenters. The highest BCUT2D eigenvalue weighted by atomic mass is 16.3. The first-order valence-corrected chi connectivity index (χ1v) is 8.33. The molecule has 120 valence electrons. The number of hydrogen-bond donors (Lipinski definition) is 3. The lowest BCUT2D eigenvalue weighted by Gasteiger charge is -2.42. The smallest absolute Gasteiger partial charge is 0.220 e. The maximum atomic E-state index is 11.4. The number of β-amino-alcohol motifs (C(OH)–C–C–N with tert-alkyl or cyclic N) is 1. The lowest BCUT2D eigenvalue weighted by atomic mass is 9.85. The van der Waals surface area contributed by atoms with E-state index in [0.29, 0.717) is 18.4 Å². The predicted molar refractivity (Wildman–Crippen MR) is 81.0 cm³/mol. The molecule has 3 rings (SSSR count). The van der Waals surface area contributed by atoms with E-state index in [1.165, 1.54) is 0 Å². The number of nitrogens with one attached hydrogen (secondary N) is 2. The molecule has 0 aromatic heterocycles. The van der Waals surface area contributed by atoms with E-state index in [1.807, 2.05) is 0 Å². The fourth-order valence-electron chi connectivity index (χ4n) is 3.90. The van der Waals surface area contributed by atoms with Gasteiger partial charge in [-0.05, 0) is 18.8 Å². The molecule has 0 spiro atoms. The van der Waals surface area contributed by atoms with Crippen LogP contribution in [0.1, 0.15) is 19.3 Å². The number of aliphatic hydroxyl groups excluding tert-OH is 1. The summed E-state index contributed by atoms with van der Waals surface area (Å²) in [5.41, 5.74) is 0. The van der Waals surface area contributed by atoms with E-state index in [0.717, 1.165) is 65.2 Å². The zero-order chi connectivity index (χ0) is 14.7. The second-order valence-electron chi connectivity index (χ2n) is 6.73. The Balaban J connectivity index is 1.42. The fourth-order valence-corrected chi connectivity index (χ4v) is 3.90. The number of carbonyl (C=O) groups is 1. The quantitative estimate of drug-likeness (QED) is 0.611. The normalized spacial score (nSPS) is 33.3. The Labute approximate surface area is 126 Å². The van der Waals surface area contributed by atoms with Crippen LogP contribution in [0.2, 0.25) is 0 Å². The number of piperidine rings is 2. The van der Waals surface area contributed by atoms with Crippen molar-refractivity contribution < 1.29 is 9.90 Å². The van der Waals surface area contributed by atoms with Gasteiger partial charge in [0.25, 0.3) is 0 Å². The van der Waals surface area contributed by atoms with Gasteiger partial charge in [-0.3, -0.25) is 9.69 Å². The highest BCUT2D eigenvalue weighted by molar-refractivity contribution is 5.77. The average molecular weight is 296 g/mol. The minimum absolute atomic E-state index is 0.212. The van der Waals surface area contributed by atoms with Gasteiger partial charge in [-0.15, -0.1) is 0 Å². The topological polar surface area (TPSA) is 67.8 Å². The highest BCUT2D eigenvalue weighted by Crippen LogP contribution is 2.25. The molecule has 3 N–H and O–H groups in total. The molecule has 3 aliphatic heterocycles. The number of likely N-dealkylation sites (tertiary alicyclic amines) is 1. The Kier molecular flexibility index (Phi) is 5.11. The number of nitrogens with zero attached hydrogens (tertiary/aromatic N) is 2. The van der Waals surface area contributed by atoms with Gasteiger partial charge < -0.3 is 20.6 Å². The van der Waals surface area contributed by atoms with E-state index in [4.69, 9.17) is 0 Å². The van der Waals surface area contributed by atoms with E-state index >= 15 is 0 Å². The van der Waals surface area contributed by atoms with Crippen LogP contribution in [0.4, 0.5) is 0 Å². The van der Waals surface area contributed by atoms with Crippen LogP contribution in [0.5, 0.6) is 0 Å². The van der Waals surface area contributed by atoms with Crippen LogP contribution in [0.25, 0.3) is 0 Å². The number of piperazine rings is 1. The van der Waals surface area contributed by atoms with Crippen LogP contribution in [-0.2, 0) is 4.79 Å². The minimum Gasteiger partial charge on any atom is -0.390 e. The largest absolute Gasteiger partial charge is 0.390 e. The molecular weight excluding hydrogens is 268 g/mol. The lowest BCUT2D eigenvalue weighted by molar-refractivity contribution is -0.125. The van der Waals surface area contributed by atoms with Crippen molar-refractivity contribution >= 4 is 5.91 Å². The van der Waals surface area contributed by atoms with Crippen molar-refractivity contribution in [3.05, 3.63) is 0 Å². The molecular formula is C15H28N4O2. The van der Waals surface area contributed by atoms with Crippen LogP contribution in [0, 0.1) is 5.92 Å². The van der Waals surface area contributed by atoms with Gasteiger partial charge in [0.05, 0.1) is 6.10 Å². The standard InChI is InChI=1S/C15H28N4O2/c20-13(10-18-7-4-16-5-8-18)11-19-6-3-14-12(9-19)1-2-15(21)17-14/h12-14,16,20H,1-11H2,(H,17,21). The number of hydrogen-bond acceptors (Lipinski definition) is 5. The molecule has 1 amide bonds. The third-order valence-electron chi connectivity index (χ3n) is 5.05. The SMILES string of the molecule is O=C1CCC2CN(CC(O)CN3CCNCC3)CCC2N1. The molecule has 0 saturated carbocycles. The van der Waals surface area contributed by atoms with E-state index in [-0.39, 0.29) is 12.0 Å². The highest BCUT2D eigenvalue weighted by Gasteiger charge is 2.34. The van der Waals surface area contributed by atoms with Crippen LogP contribution in [-0.4, -0.2) is 85.3 Å². The number of carbonyl (C=O) groups excluding carboxylic acids is 1. The maximum absolute atomic E-state index is 11.4. The molecule has 0 aliphatic carbocycles. The van der Waals surface area contributed by atoms with Crippen molar-refractivity contribution in [3.8, 4) is 0 Å². The molecule has 21 heavy (non-hydrogen) atoms. The van der Waals surface area contributed by atoms with Gasteiger partial charge in [0.2, 0.25) is 5.91 Å². The summed E-state index contributed by atoms with van der Waals surface area (Å²) in [7, 11) is 0. The summed E-state index contributed by atoms with van der Waals surface area (Å²) >= 11 is 0. The fraction of sp³-hybridized carbons (Fsp3) is 0.933. The number of aliphatic hydroxyl groups is 1. The van der Waals surface area contributed by atoms with E-state index in [2.05, 4.69) is 20.4 Å². The summed E-state index contributed by atoms with van der Waals surface area (Å²) in [6.45, 7) is 7.68. The molecule has 3 fully saturated rings. The molecule has 6 nitrogen and oxygen atoms in total. The third kappa shape index (κ3) is 4.16. The third-order valence-corrected chi connectivity index (χ3v) is 5.05. The summed E-state index contributed by atoms with van der Waals surface area (Å²) in [4.78, 5) is 16.1. The Hall–Kier alpha value is -0.690. The molecule has 3 atom stereocenters. The first-order valence-electron chi connectivity index (χ1n) is 8.33. The second kappa shape index (κ2) is 7.05. The van der Waals surface area contributed by atoms with Gasteiger partial charge in [0.15, 0.2) is 0 Å². The number of rotatable bonds is 4. The minimum atomic E-state index is -0.266. The Morgan fingerprint density at radius 1 is 1.14 bits per heavy atom. The Morgan fingerprint density at radius 2 is 1.90 bits per heavy atom. The van der Waals surface area contributed by atoms with Gasteiger partial charge >= 0.3 is 0 Å². The molecule has 0 aromatic carbocycles. The van der Waals surface area contributed by atoms with Crippen molar-refractivity contribution in [2.45, 2.75) is 31.4 Å². The van der Waals surface area contributed by atoms with Gasteiger partial charge in [0, 0.05) is 64.8 Å². The summed E-state index contributed by atoms with van der Waals surface area (Å²) in [6, 6.07) is 0.368. The predicted octanol–water partition coefficient (Wildman–Crippen LogP) is -1.15. The van der Waals surface area contributed by atoms with E-state index < -0.39 is 0 Å². The summed E-state index contributed by atoms with van der Waals surface area (Å²) in [5.74, 6) is 0.784. The van der Waals surface area contributed by atoms with E-state index in [1.54, 1.807) is 0 Å². The van der Waals surface area contributed by atoms with Gasteiger partial charge in [-0.1, -0.05) is 0 Å².